The van der Waals surface area contributed by atoms with Gasteiger partial charge in [0, 0.05) is 22.7 Å². The first-order valence-electron chi connectivity index (χ1n) is 7.41. The van der Waals surface area contributed by atoms with Gasteiger partial charge < -0.3 is 4.74 Å². The van der Waals surface area contributed by atoms with Crippen molar-refractivity contribution in [2.24, 2.45) is 0 Å². The van der Waals surface area contributed by atoms with Crippen molar-refractivity contribution < 1.29 is 4.74 Å². The Bertz CT molecular complexity index is 1050. The minimum atomic E-state index is 0.641. The van der Waals surface area contributed by atoms with Crippen LogP contribution in [0.3, 0.4) is 0 Å². The van der Waals surface area contributed by atoms with Crippen molar-refractivity contribution in [1.29, 1.82) is 5.26 Å². The summed E-state index contributed by atoms with van der Waals surface area (Å²) >= 11 is 1.64. The highest BCUT2D eigenvalue weighted by atomic mass is 32.1. The van der Waals surface area contributed by atoms with Crippen LogP contribution in [0.4, 0.5) is 0 Å². The van der Waals surface area contributed by atoms with E-state index in [0.29, 0.717) is 5.56 Å². The first-order valence-corrected chi connectivity index (χ1v) is 8.29. The topological polar surface area (TPSA) is 50.3 Å². The Labute approximate surface area is 143 Å². The molecule has 0 aliphatic rings. The molecular formula is C19H13N3OS. The maximum Gasteiger partial charge on any atom is 0.145 e. The molecular weight excluding hydrogens is 318 g/mol. The Morgan fingerprint density at radius 3 is 2.67 bits per heavy atom. The van der Waals surface area contributed by atoms with Gasteiger partial charge in [-0.05, 0) is 36.4 Å². The molecule has 0 radical (unpaired) electrons. The van der Waals surface area contributed by atoms with Gasteiger partial charge in [-0.1, -0.05) is 12.1 Å². The molecule has 0 saturated carbocycles. The third-order valence-electron chi connectivity index (χ3n) is 3.89. The number of imidazole rings is 1. The highest BCUT2D eigenvalue weighted by Gasteiger charge is 2.17. The number of ether oxygens (including phenoxy) is 1. The molecule has 0 bridgehead atoms. The van der Waals surface area contributed by atoms with E-state index < -0.39 is 0 Å². The lowest BCUT2D eigenvalue weighted by atomic mass is 10.1. The Kier molecular flexibility index (Phi) is 3.52. The molecule has 0 spiro atoms. The molecule has 24 heavy (non-hydrogen) atoms. The van der Waals surface area contributed by atoms with Gasteiger partial charge in [-0.25, -0.2) is 4.98 Å². The fraction of sp³-hybridized carbons (Fsp3) is 0.0526. The Morgan fingerprint density at radius 1 is 1.12 bits per heavy atom. The SMILES string of the molecule is COc1ccccc1-c1nc(-c2ccc(C#N)cc2)n2ccsc12. The average molecular weight is 331 g/mol. The average Bonchev–Trinajstić information content (AvgIpc) is 3.24. The first-order chi connectivity index (χ1) is 11.8. The van der Waals surface area contributed by atoms with E-state index in [-0.39, 0.29) is 0 Å². The second-order valence-corrected chi connectivity index (χ2v) is 6.15. The fourth-order valence-electron chi connectivity index (χ4n) is 2.74. The van der Waals surface area contributed by atoms with Gasteiger partial charge in [-0.15, -0.1) is 11.3 Å². The van der Waals surface area contributed by atoms with Gasteiger partial charge >= 0.3 is 0 Å². The number of methoxy groups -OCH3 is 1. The first kappa shape index (κ1) is 14.5. The van der Waals surface area contributed by atoms with Gasteiger partial charge in [-0.2, -0.15) is 5.26 Å². The number of nitriles is 1. The minimum absolute atomic E-state index is 0.641. The third kappa shape index (κ3) is 2.25. The van der Waals surface area contributed by atoms with Crippen molar-refractivity contribution in [2.45, 2.75) is 0 Å². The molecule has 4 rings (SSSR count). The molecule has 2 aromatic carbocycles. The van der Waals surface area contributed by atoms with Crippen molar-refractivity contribution >= 4 is 16.2 Å². The summed E-state index contributed by atoms with van der Waals surface area (Å²) in [6.45, 7) is 0. The van der Waals surface area contributed by atoms with Gasteiger partial charge in [0.15, 0.2) is 0 Å². The third-order valence-corrected chi connectivity index (χ3v) is 4.76. The van der Waals surface area contributed by atoms with Crippen molar-refractivity contribution in [2.75, 3.05) is 7.11 Å². The number of benzene rings is 2. The predicted octanol–water partition coefficient (Wildman–Crippen LogP) is 4.61. The van der Waals surface area contributed by atoms with E-state index in [1.54, 1.807) is 18.4 Å². The summed E-state index contributed by atoms with van der Waals surface area (Å²) in [7, 11) is 1.67. The molecule has 0 aliphatic heterocycles. The van der Waals surface area contributed by atoms with Crippen molar-refractivity contribution in [3.05, 3.63) is 65.7 Å². The van der Waals surface area contributed by atoms with Crippen molar-refractivity contribution in [3.8, 4) is 34.5 Å². The van der Waals surface area contributed by atoms with Crippen LogP contribution in [0.15, 0.2) is 60.1 Å². The lowest BCUT2D eigenvalue weighted by molar-refractivity contribution is 0.416. The van der Waals surface area contributed by atoms with Crippen molar-refractivity contribution in [3.63, 3.8) is 0 Å². The summed E-state index contributed by atoms with van der Waals surface area (Å²) in [5, 5.41) is 11.0. The summed E-state index contributed by atoms with van der Waals surface area (Å²) in [5.74, 6) is 1.66. The Hall–Kier alpha value is -3.10. The van der Waals surface area contributed by atoms with Crippen LogP contribution in [0.25, 0.3) is 27.5 Å². The molecule has 0 aliphatic carbocycles. The van der Waals surface area contributed by atoms with Gasteiger partial charge in [0.05, 0.1) is 18.7 Å². The zero-order valence-electron chi connectivity index (χ0n) is 12.9. The van der Waals surface area contributed by atoms with E-state index in [1.165, 1.54) is 0 Å². The lowest BCUT2D eigenvalue weighted by Gasteiger charge is -2.05. The predicted molar refractivity (Wildman–Crippen MR) is 95.2 cm³/mol. The summed E-state index contributed by atoms with van der Waals surface area (Å²) < 4.78 is 7.57. The maximum absolute atomic E-state index is 8.97. The zero-order valence-corrected chi connectivity index (χ0v) is 13.7. The fourth-order valence-corrected chi connectivity index (χ4v) is 3.58. The van der Waals surface area contributed by atoms with Crippen LogP contribution >= 0.6 is 11.3 Å². The minimum Gasteiger partial charge on any atom is -0.496 e. The molecule has 116 valence electrons. The molecule has 4 aromatic rings. The van der Waals surface area contributed by atoms with E-state index in [9.17, 15) is 0 Å². The van der Waals surface area contributed by atoms with Gasteiger partial charge in [0.1, 0.15) is 22.1 Å². The lowest BCUT2D eigenvalue weighted by Crippen LogP contribution is -1.88. The Morgan fingerprint density at radius 2 is 1.92 bits per heavy atom. The van der Waals surface area contributed by atoms with Gasteiger partial charge in [0.2, 0.25) is 0 Å². The molecule has 0 atom stereocenters. The van der Waals surface area contributed by atoms with Crippen LogP contribution in [-0.4, -0.2) is 16.5 Å². The molecule has 0 N–H and O–H groups in total. The number of fused-ring (bicyclic) bond motifs is 1. The highest BCUT2D eigenvalue weighted by Crippen LogP contribution is 2.36. The van der Waals surface area contributed by atoms with E-state index in [2.05, 4.69) is 10.5 Å². The standard InChI is InChI=1S/C19H13N3OS/c1-23-16-5-3-2-4-15(16)17-19-22(10-11-24-19)18(21-17)14-8-6-13(12-20)7-9-14/h2-11H,1H3. The van der Waals surface area contributed by atoms with E-state index in [1.807, 2.05) is 60.1 Å². The largest absolute Gasteiger partial charge is 0.496 e. The number of hydrogen-bond donors (Lipinski definition) is 0. The summed E-state index contributed by atoms with van der Waals surface area (Å²) in [4.78, 5) is 5.93. The zero-order chi connectivity index (χ0) is 16.5. The van der Waals surface area contributed by atoms with E-state index >= 15 is 0 Å². The molecule has 2 aromatic heterocycles. The van der Waals surface area contributed by atoms with Gasteiger partial charge in [0.25, 0.3) is 0 Å². The Balaban J connectivity index is 1.93. The molecule has 5 heteroatoms. The number of aromatic nitrogens is 2. The molecule has 0 fully saturated rings. The monoisotopic (exact) mass is 331 g/mol. The quantitative estimate of drug-likeness (QED) is 0.551. The molecule has 4 nitrogen and oxygen atoms in total. The number of para-hydroxylation sites is 1. The molecule has 0 unspecified atom stereocenters. The van der Waals surface area contributed by atoms with Crippen LogP contribution < -0.4 is 4.74 Å². The number of rotatable bonds is 3. The number of thiazole rings is 1. The summed E-state index contributed by atoms with van der Waals surface area (Å²) in [6, 6.07) is 17.5. The molecule has 0 amide bonds. The second-order valence-electron chi connectivity index (χ2n) is 5.25. The van der Waals surface area contributed by atoms with Crippen molar-refractivity contribution in [1.82, 2.24) is 9.38 Å². The molecule has 0 saturated heterocycles. The number of nitrogens with zero attached hydrogens (tertiary/aromatic N) is 3. The summed E-state index contributed by atoms with van der Waals surface area (Å²) in [6.07, 6.45) is 2.01. The summed E-state index contributed by atoms with van der Waals surface area (Å²) in [5.41, 5.74) is 3.49. The second kappa shape index (κ2) is 5.84. The molecule has 2 heterocycles. The van der Waals surface area contributed by atoms with Gasteiger partial charge in [-0.3, -0.25) is 4.40 Å². The van der Waals surface area contributed by atoms with Crippen LogP contribution in [0.2, 0.25) is 0 Å². The maximum atomic E-state index is 8.97. The van der Waals surface area contributed by atoms with Crippen LogP contribution in [0, 0.1) is 11.3 Å². The van der Waals surface area contributed by atoms with Crippen LogP contribution in [0.1, 0.15) is 5.56 Å². The highest BCUT2D eigenvalue weighted by molar-refractivity contribution is 7.16. The van der Waals surface area contributed by atoms with E-state index in [4.69, 9.17) is 15.0 Å². The number of hydrogen-bond acceptors (Lipinski definition) is 4. The van der Waals surface area contributed by atoms with E-state index in [0.717, 1.165) is 33.2 Å². The van der Waals surface area contributed by atoms with Crippen LogP contribution in [0.5, 0.6) is 5.75 Å². The van der Waals surface area contributed by atoms with Crippen LogP contribution in [-0.2, 0) is 0 Å². The normalized spacial score (nSPS) is 10.7. The smallest absolute Gasteiger partial charge is 0.145 e.